The highest BCUT2D eigenvalue weighted by Gasteiger charge is 2.42. The lowest BCUT2D eigenvalue weighted by atomic mass is 10.0. The summed E-state index contributed by atoms with van der Waals surface area (Å²) >= 11 is 0. The zero-order valence-electron chi connectivity index (χ0n) is 13.4. The molecule has 1 aliphatic rings. The van der Waals surface area contributed by atoms with Crippen molar-refractivity contribution in [3.8, 4) is 0 Å². The minimum Gasteiger partial charge on any atom is -0.455 e. The Labute approximate surface area is 139 Å². The lowest BCUT2D eigenvalue weighted by Crippen LogP contribution is -2.42. The molecule has 122 valence electrons. The molecule has 5 nitrogen and oxygen atoms in total. The summed E-state index contributed by atoms with van der Waals surface area (Å²) in [5.41, 5.74) is 1.49. The van der Waals surface area contributed by atoms with Gasteiger partial charge in [-0.15, -0.1) is 0 Å². The fraction of sp³-hybridized carbons (Fsp3) is 0.211. The van der Waals surface area contributed by atoms with Crippen molar-refractivity contribution in [1.29, 1.82) is 0 Å². The average molecular weight is 323 g/mol. The number of benzene rings is 2. The first-order valence-corrected chi connectivity index (χ1v) is 7.70. The van der Waals surface area contributed by atoms with Crippen LogP contribution in [0.4, 0.5) is 0 Å². The van der Waals surface area contributed by atoms with Gasteiger partial charge in [0.25, 0.3) is 11.8 Å². The zero-order chi connectivity index (χ0) is 17.3. The molecule has 0 radical (unpaired) electrons. The van der Waals surface area contributed by atoms with Gasteiger partial charge in [-0.05, 0) is 24.6 Å². The molecule has 0 bridgehead atoms. The van der Waals surface area contributed by atoms with E-state index in [0.717, 1.165) is 5.56 Å². The van der Waals surface area contributed by atoms with E-state index in [1.807, 2.05) is 30.3 Å². The summed E-state index contributed by atoms with van der Waals surface area (Å²) in [4.78, 5) is 38.0. The summed E-state index contributed by atoms with van der Waals surface area (Å²) in [6.07, 6.45) is -0.717. The number of imide groups is 1. The normalized spacial score (nSPS) is 15.8. The van der Waals surface area contributed by atoms with Gasteiger partial charge < -0.3 is 4.74 Å². The number of nitrogens with zero attached hydrogens (tertiary/aromatic N) is 1. The fourth-order valence-corrected chi connectivity index (χ4v) is 2.98. The first-order chi connectivity index (χ1) is 11.5. The Bertz CT molecular complexity index is 765. The van der Waals surface area contributed by atoms with E-state index >= 15 is 0 Å². The number of ether oxygens (including phenoxy) is 1. The van der Waals surface area contributed by atoms with Crippen molar-refractivity contribution in [3.05, 3.63) is 71.3 Å². The molecule has 2 aromatic rings. The predicted octanol–water partition coefficient (Wildman–Crippen LogP) is 2.98. The zero-order valence-corrected chi connectivity index (χ0v) is 13.4. The van der Waals surface area contributed by atoms with Crippen LogP contribution in [0.2, 0.25) is 0 Å². The molecule has 2 unspecified atom stereocenters. The number of carbonyl (C=O) groups excluding carboxylic acids is 3. The third-order valence-corrected chi connectivity index (χ3v) is 4.09. The van der Waals surface area contributed by atoms with Crippen LogP contribution < -0.4 is 0 Å². The van der Waals surface area contributed by atoms with Gasteiger partial charge in [-0.25, -0.2) is 0 Å². The van der Waals surface area contributed by atoms with Gasteiger partial charge in [0.15, 0.2) is 0 Å². The molecule has 24 heavy (non-hydrogen) atoms. The van der Waals surface area contributed by atoms with E-state index in [1.165, 1.54) is 11.8 Å². The van der Waals surface area contributed by atoms with E-state index in [0.29, 0.717) is 11.1 Å². The van der Waals surface area contributed by atoms with Gasteiger partial charge in [0, 0.05) is 6.92 Å². The summed E-state index contributed by atoms with van der Waals surface area (Å²) in [5.74, 6) is -1.19. The molecule has 2 atom stereocenters. The van der Waals surface area contributed by atoms with Crippen LogP contribution in [0, 0.1) is 0 Å². The summed E-state index contributed by atoms with van der Waals surface area (Å²) < 4.78 is 5.42. The van der Waals surface area contributed by atoms with Crippen molar-refractivity contribution in [2.75, 3.05) is 0 Å². The van der Waals surface area contributed by atoms with Crippen LogP contribution in [0.25, 0.3) is 0 Å². The number of rotatable bonds is 4. The molecule has 5 heteroatoms. The molecular weight excluding hydrogens is 306 g/mol. The van der Waals surface area contributed by atoms with Crippen LogP contribution in [0.1, 0.15) is 46.2 Å². The minimum atomic E-state index is -0.717. The molecule has 0 aromatic heterocycles. The lowest BCUT2D eigenvalue weighted by molar-refractivity contribution is -0.149. The van der Waals surface area contributed by atoms with Crippen LogP contribution in [-0.4, -0.2) is 28.7 Å². The second-order valence-corrected chi connectivity index (χ2v) is 5.71. The third-order valence-electron chi connectivity index (χ3n) is 4.09. The van der Waals surface area contributed by atoms with Crippen molar-refractivity contribution in [2.24, 2.45) is 0 Å². The van der Waals surface area contributed by atoms with Crippen LogP contribution in [0.3, 0.4) is 0 Å². The molecule has 0 saturated carbocycles. The van der Waals surface area contributed by atoms with Crippen LogP contribution in [0.15, 0.2) is 54.6 Å². The van der Waals surface area contributed by atoms with E-state index in [4.69, 9.17) is 4.74 Å². The molecule has 0 fully saturated rings. The number of carbonyl (C=O) groups is 3. The molecule has 1 aliphatic heterocycles. The van der Waals surface area contributed by atoms with E-state index in [2.05, 4.69) is 0 Å². The largest absolute Gasteiger partial charge is 0.455 e. The Kier molecular flexibility index (Phi) is 4.16. The molecule has 2 aromatic carbocycles. The molecule has 0 saturated heterocycles. The number of hydrogen-bond donors (Lipinski definition) is 0. The maximum absolute atomic E-state index is 12.6. The molecule has 1 heterocycles. The third kappa shape index (κ3) is 2.69. The van der Waals surface area contributed by atoms with E-state index in [1.54, 1.807) is 31.2 Å². The van der Waals surface area contributed by atoms with E-state index < -0.39 is 18.1 Å². The molecule has 0 N–H and O–H groups in total. The van der Waals surface area contributed by atoms with Gasteiger partial charge in [-0.2, -0.15) is 0 Å². The molecule has 2 amide bonds. The maximum Gasteiger partial charge on any atom is 0.303 e. The summed E-state index contributed by atoms with van der Waals surface area (Å²) in [5, 5.41) is 0. The summed E-state index contributed by atoms with van der Waals surface area (Å²) in [6.45, 7) is 3.02. The number of esters is 1. The van der Waals surface area contributed by atoms with E-state index in [9.17, 15) is 14.4 Å². The van der Waals surface area contributed by atoms with Gasteiger partial charge in [-0.1, -0.05) is 42.5 Å². The van der Waals surface area contributed by atoms with Gasteiger partial charge in [0.05, 0.1) is 17.2 Å². The topological polar surface area (TPSA) is 63.7 Å². The Morgan fingerprint density at radius 1 is 0.917 bits per heavy atom. The van der Waals surface area contributed by atoms with Gasteiger partial charge in [0.1, 0.15) is 6.10 Å². The van der Waals surface area contributed by atoms with Crippen molar-refractivity contribution in [1.82, 2.24) is 4.90 Å². The second-order valence-electron chi connectivity index (χ2n) is 5.71. The first-order valence-electron chi connectivity index (χ1n) is 7.70. The Balaban J connectivity index is 1.97. The van der Waals surface area contributed by atoms with E-state index in [-0.39, 0.29) is 11.8 Å². The minimum absolute atomic E-state index is 0.365. The SMILES string of the molecule is CC(=O)OC(c1ccccc1)C(C)N1C(=O)c2ccccc2C1=O. The molecule has 0 aliphatic carbocycles. The highest BCUT2D eigenvalue weighted by molar-refractivity contribution is 6.21. The monoisotopic (exact) mass is 323 g/mol. The first kappa shape index (κ1) is 15.9. The number of fused-ring (bicyclic) bond motifs is 1. The Morgan fingerprint density at radius 2 is 1.42 bits per heavy atom. The van der Waals surface area contributed by atoms with Gasteiger partial charge >= 0.3 is 5.97 Å². The van der Waals surface area contributed by atoms with Crippen LogP contribution in [-0.2, 0) is 9.53 Å². The quantitative estimate of drug-likeness (QED) is 0.641. The van der Waals surface area contributed by atoms with Crippen molar-refractivity contribution in [2.45, 2.75) is 26.0 Å². The number of amides is 2. The smallest absolute Gasteiger partial charge is 0.303 e. The number of hydrogen-bond acceptors (Lipinski definition) is 4. The van der Waals surface area contributed by atoms with Crippen molar-refractivity contribution < 1.29 is 19.1 Å². The van der Waals surface area contributed by atoms with Crippen molar-refractivity contribution >= 4 is 17.8 Å². The van der Waals surface area contributed by atoms with Gasteiger partial charge in [0.2, 0.25) is 0 Å². The van der Waals surface area contributed by atoms with Gasteiger partial charge in [-0.3, -0.25) is 19.3 Å². The highest BCUT2D eigenvalue weighted by atomic mass is 16.5. The summed E-state index contributed by atoms with van der Waals surface area (Å²) in [6, 6.07) is 15.2. The summed E-state index contributed by atoms with van der Waals surface area (Å²) in [7, 11) is 0. The fourth-order valence-electron chi connectivity index (χ4n) is 2.98. The molecule has 0 spiro atoms. The maximum atomic E-state index is 12.6. The standard InChI is InChI=1S/C19H17NO4/c1-12(17(24-13(2)21)14-8-4-3-5-9-14)20-18(22)15-10-6-7-11-16(15)19(20)23/h3-12,17H,1-2H3. The highest BCUT2D eigenvalue weighted by Crippen LogP contribution is 2.31. The second kappa shape index (κ2) is 6.28. The molecular formula is C19H17NO4. The predicted molar refractivity (Wildman–Crippen MR) is 87.4 cm³/mol. The van der Waals surface area contributed by atoms with Crippen LogP contribution in [0.5, 0.6) is 0 Å². The average Bonchev–Trinajstić information content (AvgIpc) is 2.84. The molecule has 3 rings (SSSR count). The van der Waals surface area contributed by atoms with Crippen LogP contribution >= 0.6 is 0 Å². The Hall–Kier alpha value is -2.95. The Morgan fingerprint density at radius 3 is 1.92 bits per heavy atom. The van der Waals surface area contributed by atoms with Crippen molar-refractivity contribution in [3.63, 3.8) is 0 Å². The lowest BCUT2D eigenvalue weighted by Gasteiger charge is -2.30.